The Morgan fingerprint density at radius 1 is 1.09 bits per heavy atom. The van der Waals surface area contributed by atoms with Crippen molar-refractivity contribution in [3.8, 4) is 0 Å². The topological polar surface area (TPSA) is 88.0 Å². The first-order chi connectivity index (χ1) is 15.4. The number of fused-ring (bicyclic) bond motifs is 2. The summed E-state index contributed by atoms with van der Waals surface area (Å²) in [6, 6.07) is 7.34. The summed E-state index contributed by atoms with van der Waals surface area (Å²) >= 11 is 0. The van der Waals surface area contributed by atoms with Gasteiger partial charge in [0.05, 0.1) is 11.3 Å². The van der Waals surface area contributed by atoms with E-state index >= 15 is 0 Å². The number of hydrogen-bond acceptors (Lipinski definition) is 6. The first kappa shape index (κ1) is 20.3. The molecular weight excluding hydrogens is 409 g/mol. The molecule has 2 unspecified atom stereocenters. The number of piperazine rings is 1. The Kier molecular flexibility index (Phi) is 4.97. The van der Waals surface area contributed by atoms with Crippen molar-refractivity contribution < 1.29 is 9.18 Å². The van der Waals surface area contributed by atoms with Crippen LogP contribution in [0.1, 0.15) is 24.2 Å². The minimum absolute atomic E-state index is 0.269. The Bertz CT molecular complexity index is 1320. The summed E-state index contributed by atoms with van der Waals surface area (Å²) in [5, 5.41) is 11.0. The Hall–Kier alpha value is -3.59. The quantitative estimate of drug-likeness (QED) is 0.516. The second kappa shape index (κ2) is 7.83. The number of carbonyl (C=O) groups excluding carboxylic acids is 1. The van der Waals surface area contributed by atoms with Gasteiger partial charge in [0, 0.05) is 61.9 Å². The fourth-order valence-electron chi connectivity index (χ4n) is 4.49. The summed E-state index contributed by atoms with van der Waals surface area (Å²) in [5.74, 6) is -0.855. The van der Waals surface area contributed by atoms with E-state index in [-0.39, 0.29) is 11.4 Å². The van der Waals surface area contributed by atoms with Crippen LogP contribution in [-0.4, -0.2) is 50.8 Å². The predicted molar refractivity (Wildman–Crippen MR) is 122 cm³/mol. The summed E-state index contributed by atoms with van der Waals surface area (Å²) in [6.45, 7) is 5.98. The number of benzene rings is 2. The highest BCUT2D eigenvalue weighted by atomic mass is 19.1. The second-order valence-corrected chi connectivity index (χ2v) is 8.41. The van der Waals surface area contributed by atoms with E-state index in [1.165, 1.54) is 6.07 Å². The van der Waals surface area contributed by atoms with Gasteiger partial charge in [0.2, 0.25) is 0 Å². The van der Waals surface area contributed by atoms with Crippen LogP contribution in [0.15, 0.2) is 42.9 Å². The highest BCUT2D eigenvalue weighted by molar-refractivity contribution is 6.13. The van der Waals surface area contributed by atoms with Gasteiger partial charge >= 0.3 is 0 Å². The molecule has 1 aliphatic heterocycles. The van der Waals surface area contributed by atoms with Crippen LogP contribution in [0.3, 0.4) is 0 Å². The third-order valence-electron chi connectivity index (χ3n) is 5.68. The lowest BCUT2D eigenvalue weighted by molar-refractivity contribution is 0.102. The van der Waals surface area contributed by atoms with E-state index in [1.54, 1.807) is 42.5 Å². The molecule has 0 radical (unpaired) electrons. The summed E-state index contributed by atoms with van der Waals surface area (Å²) in [5.41, 5.74) is 3.16. The summed E-state index contributed by atoms with van der Waals surface area (Å²) < 4.78 is 16.0. The van der Waals surface area contributed by atoms with Crippen LogP contribution in [-0.2, 0) is 7.05 Å². The summed E-state index contributed by atoms with van der Waals surface area (Å²) in [7, 11) is 1.73. The van der Waals surface area contributed by atoms with Gasteiger partial charge in [-0.2, -0.15) is 5.10 Å². The number of hydrogen-bond donors (Lipinski definition) is 2. The first-order valence-corrected chi connectivity index (χ1v) is 10.6. The molecule has 0 bridgehead atoms. The number of carbonyl (C=O) groups is 1. The van der Waals surface area contributed by atoms with Crippen LogP contribution in [0.25, 0.3) is 21.9 Å². The van der Waals surface area contributed by atoms with Gasteiger partial charge < -0.3 is 15.5 Å². The number of nitrogens with zero attached hydrogens (tertiary/aromatic N) is 5. The molecule has 2 N–H and O–H groups in total. The van der Waals surface area contributed by atoms with Crippen LogP contribution in [0, 0.1) is 5.82 Å². The van der Waals surface area contributed by atoms with Gasteiger partial charge in [-0.1, -0.05) is 0 Å². The van der Waals surface area contributed by atoms with Crippen molar-refractivity contribution in [1.82, 2.24) is 25.1 Å². The monoisotopic (exact) mass is 433 g/mol. The lowest BCUT2D eigenvalue weighted by Gasteiger charge is -2.38. The largest absolute Gasteiger partial charge is 0.367 e. The maximum atomic E-state index is 14.4. The minimum Gasteiger partial charge on any atom is -0.367 e. The van der Waals surface area contributed by atoms with Crippen LogP contribution in [0.4, 0.5) is 15.8 Å². The zero-order chi connectivity index (χ0) is 22.4. The maximum absolute atomic E-state index is 14.4. The number of aryl methyl sites for hydroxylation is 1. The smallest absolute Gasteiger partial charge is 0.257 e. The maximum Gasteiger partial charge on any atom is 0.257 e. The Balaban J connectivity index is 1.50. The molecule has 164 valence electrons. The van der Waals surface area contributed by atoms with Gasteiger partial charge in [0.15, 0.2) is 5.82 Å². The molecule has 3 heterocycles. The standard InChI is InChI=1S/C23H24FN7O/c1-13-10-31(11-14(2)27-13)19-5-4-17(21-22(19)26-7-6-25-21)23(32)28-16-8-15-12-30(3)29-20(15)18(24)9-16/h4-9,12-14,27H,10-11H2,1-3H3,(H,28,32). The highest BCUT2D eigenvalue weighted by Crippen LogP contribution is 2.29. The second-order valence-electron chi connectivity index (χ2n) is 8.41. The zero-order valence-electron chi connectivity index (χ0n) is 18.1. The average Bonchev–Trinajstić information content (AvgIpc) is 3.13. The number of amides is 1. The van der Waals surface area contributed by atoms with Crippen molar-refractivity contribution in [2.75, 3.05) is 23.3 Å². The predicted octanol–water partition coefficient (Wildman–Crippen LogP) is 3.09. The van der Waals surface area contributed by atoms with Crippen LogP contribution in [0.2, 0.25) is 0 Å². The van der Waals surface area contributed by atoms with Gasteiger partial charge in [0.25, 0.3) is 5.91 Å². The molecule has 8 nitrogen and oxygen atoms in total. The Labute approximate surface area is 184 Å². The van der Waals surface area contributed by atoms with Crippen molar-refractivity contribution in [3.05, 3.63) is 54.2 Å². The normalized spacial score (nSPS) is 18.9. The van der Waals surface area contributed by atoms with Crippen molar-refractivity contribution >= 4 is 39.2 Å². The number of halogens is 1. The van der Waals surface area contributed by atoms with Gasteiger partial charge in [-0.3, -0.25) is 19.4 Å². The fourth-order valence-corrected chi connectivity index (χ4v) is 4.49. The van der Waals surface area contributed by atoms with E-state index in [4.69, 9.17) is 0 Å². The van der Waals surface area contributed by atoms with E-state index < -0.39 is 5.82 Å². The molecule has 1 fully saturated rings. The minimum atomic E-state index is -0.486. The molecule has 0 aliphatic carbocycles. The number of nitrogens with one attached hydrogen (secondary N) is 2. The van der Waals surface area contributed by atoms with Crippen molar-refractivity contribution in [2.24, 2.45) is 7.05 Å². The number of rotatable bonds is 3. The molecule has 32 heavy (non-hydrogen) atoms. The molecule has 2 aromatic heterocycles. The number of anilines is 2. The molecule has 1 aliphatic rings. The van der Waals surface area contributed by atoms with Crippen molar-refractivity contribution in [1.29, 1.82) is 0 Å². The van der Waals surface area contributed by atoms with E-state index in [0.717, 1.165) is 18.8 Å². The average molecular weight is 433 g/mol. The van der Waals surface area contributed by atoms with Gasteiger partial charge in [-0.05, 0) is 38.1 Å². The van der Waals surface area contributed by atoms with Gasteiger partial charge in [0.1, 0.15) is 16.6 Å². The molecule has 0 spiro atoms. The lowest BCUT2D eigenvalue weighted by Crippen LogP contribution is -2.54. The summed E-state index contributed by atoms with van der Waals surface area (Å²) in [4.78, 5) is 24.4. The van der Waals surface area contributed by atoms with Crippen LogP contribution >= 0.6 is 0 Å². The lowest BCUT2D eigenvalue weighted by atomic mass is 10.1. The zero-order valence-corrected chi connectivity index (χ0v) is 18.1. The van der Waals surface area contributed by atoms with E-state index in [0.29, 0.717) is 39.8 Å². The molecular formula is C23H24FN7O. The Morgan fingerprint density at radius 3 is 2.56 bits per heavy atom. The van der Waals surface area contributed by atoms with E-state index in [1.807, 2.05) is 6.07 Å². The molecule has 1 saturated heterocycles. The molecule has 5 rings (SSSR count). The number of aromatic nitrogens is 4. The molecule has 2 atom stereocenters. The molecule has 0 saturated carbocycles. The Morgan fingerprint density at radius 2 is 1.81 bits per heavy atom. The molecule has 1 amide bonds. The van der Waals surface area contributed by atoms with Gasteiger partial charge in [-0.15, -0.1) is 0 Å². The van der Waals surface area contributed by atoms with Crippen molar-refractivity contribution in [3.63, 3.8) is 0 Å². The SMILES string of the molecule is CC1CN(c2ccc(C(=O)Nc3cc(F)c4nn(C)cc4c3)c3nccnc23)CC(C)N1. The molecule has 4 aromatic rings. The third-order valence-corrected chi connectivity index (χ3v) is 5.68. The van der Waals surface area contributed by atoms with Crippen molar-refractivity contribution in [2.45, 2.75) is 25.9 Å². The van der Waals surface area contributed by atoms with E-state index in [9.17, 15) is 9.18 Å². The molecule has 9 heteroatoms. The van der Waals surface area contributed by atoms with Crippen LogP contribution < -0.4 is 15.5 Å². The third kappa shape index (κ3) is 3.64. The fraction of sp³-hybridized carbons (Fsp3) is 0.304. The first-order valence-electron chi connectivity index (χ1n) is 10.6. The van der Waals surface area contributed by atoms with Gasteiger partial charge in [-0.25, -0.2) is 4.39 Å². The van der Waals surface area contributed by atoms with E-state index in [2.05, 4.69) is 44.4 Å². The molecule has 2 aromatic carbocycles. The summed E-state index contributed by atoms with van der Waals surface area (Å²) in [6.07, 6.45) is 4.92. The highest BCUT2D eigenvalue weighted by Gasteiger charge is 2.24. The van der Waals surface area contributed by atoms with Crippen LogP contribution in [0.5, 0.6) is 0 Å².